The van der Waals surface area contributed by atoms with Crippen LogP contribution in [0.3, 0.4) is 0 Å². The summed E-state index contributed by atoms with van der Waals surface area (Å²) in [6, 6.07) is 3.39. The zero-order valence-electron chi connectivity index (χ0n) is 8.36. The van der Waals surface area contributed by atoms with Gasteiger partial charge < -0.3 is 10.8 Å². The molecule has 1 atom stereocenters. The number of carboxylic acid groups (broad SMARTS) is 1. The maximum Gasteiger partial charge on any atom is 0.345 e. The first-order valence-corrected chi connectivity index (χ1v) is 5.41. The van der Waals surface area contributed by atoms with Gasteiger partial charge in [0.25, 0.3) is 0 Å². The van der Waals surface area contributed by atoms with E-state index in [9.17, 15) is 4.79 Å². The molecule has 1 aromatic rings. The van der Waals surface area contributed by atoms with Gasteiger partial charge in [0.2, 0.25) is 0 Å². The molecule has 0 saturated carbocycles. The molecule has 0 spiro atoms. The van der Waals surface area contributed by atoms with E-state index >= 15 is 0 Å². The number of rotatable bonds is 4. The zero-order valence-corrected chi connectivity index (χ0v) is 9.17. The van der Waals surface area contributed by atoms with Gasteiger partial charge >= 0.3 is 5.97 Å². The highest BCUT2D eigenvalue weighted by Gasteiger charge is 2.13. The van der Waals surface area contributed by atoms with Gasteiger partial charge in [-0.1, -0.05) is 13.8 Å². The number of carbonyl (C=O) groups is 1. The average molecular weight is 213 g/mol. The smallest absolute Gasteiger partial charge is 0.345 e. The quantitative estimate of drug-likeness (QED) is 0.807. The molecule has 1 rings (SSSR count). The number of hydrogen-bond acceptors (Lipinski definition) is 3. The molecule has 0 bridgehead atoms. The number of thiophene rings is 1. The molecule has 1 unspecified atom stereocenters. The van der Waals surface area contributed by atoms with Crippen LogP contribution in [-0.2, 0) is 0 Å². The van der Waals surface area contributed by atoms with Crippen LogP contribution < -0.4 is 5.73 Å². The molecule has 1 aromatic heterocycles. The Morgan fingerprint density at radius 3 is 2.64 bits per heavy atom. The van der Waals surface area contributed by atoms with E-state index in [4.69, 9.17) is 10.8 Å². The Hall–Kier alpha value is -0.870. The van der Waals surface area contributed by atoms with E-state index in [1.165, 1.54) is 11.3 Å². The summed E-state index contributed by atoms with van der Waals surface area (Å²) >= 11 is 1.27. The average Bonchev–Trinajstić information content (AvgIpc) is 2.50. The van der Waals surface area contributed by atoms with E-state index in [2.05, 4.69) is 13.8 Å². The Kier molecular flexibility index (Phi) is 3.66. The molecule has 0 radical (unpaired) electrons. The first-order chi connectivity index (χ1) is 6.50. The SMILES string of the molecule is CC(C)CC(N)c1ccc(C(=O)O)s1. The summed E-state index contributed by atoms with van der Waals surface area (Å²) in [6.45, 7) is 4.21. The summed E-state index contributed by atoms with van der Waals surface area (Å²) in [4.78, 5) is 11.9. The molecule has 0 aliphatic rings. The van der Waals surface area contributed by atoms with Gasteiger partial charge in [-0.25, -0.2) is 4.79 Å². The van der Waals surface area contributed by atoms with Crippen molar-refractivity contribution < 1.29 is 9.90 Å². The largest absolute Gasteiger partial charge is 0.477 e. The molecule has 0 amide bonds. The standard InChI is InChI=1S/C10H15NO2S/c1-6(2)5-7(11)8-3-4-9(14-8)10(12)13/h3-4,6-7H,5,11H2,1-2H3,(H,12,13). The van der Waals surface area contributed by atoms with Crippen molar-refractivity contribution in [2.75, 3.05) is 0 Å². The van der Waals surface area contributed by atoms with Gasteiger partial charge in [-0.15, -0.1) is 11.3 Å². The summed E-state index contributed by atoms with van der Waals surface area (Å²) < 4.78 is 0. The number of nitrogens with two attached hydrogens (primary N) is 1. The maximum atomic E-state index is 10.6. The Morgan fingerprint density at radius 1 is 1.57 bits per heavy atom. The second-order valence-electron chi connectivity index (χ2n) is 3.74. The van der Waals surface area contributed by atoms with Crippen LogP contribution in [0.4, 0.5) is 0 Å². The minimum Gasteiger partial charge on any atom is -0.477 e. The molecule has 4 heteroatoms. The fourth-order valence-corrected chi connectivity index (χ4v) is 2.15. The Bertz CT molecular complexity index is 320. The third-order valence-corrected chi connectivity index (χ3v) is 3.13. The van der Waals surface area contributed by atoms with Gasteiger partial charge in [-0.3, -0.25) is 0 Å². The molecule has 0 saturated heterocycles. The lowest BCUT2D eigenvalue weighted by Gasteiger charge is -2.11. The van der Waals surface area contributed by atoms with Crippen LogP contribution in [0, 0.1) is 5.92 Å². The third-order valence-electron chi connectivity index (χ3n) is 1.93. The van der Waals surface area contributed by atoms with Gasteiger partial charge in [-0.2, -0.15) is 0 Å². The summed E-state index contributed by atoms with van der Waals surface area (Å²) in [5.74, 6) is -0.349. The highest BCUT2D eigenvalue weighted by molar-refractivity contribution is 7.14. The molecule has 0 aliphatic heterocycles. The molecule has 3 nitrogen and oxygen atoms in total. The lowest BCUT2D eigenvalue weighted by molar-refractivity contribution is 0.0702. The summed E-state index contributed by atoms with van der Waals surface area (Å²) in [7, 11) is 0. The number of hydrogen-bond donors (Lipinski definition) is 2. The van der Waals surface area contributed by atoms with Crippen molar-refractivity contribution in [3.8, 4) is 0 Å². The summed E-state index contributed by atoms with van der Waals surface area (Å²) in [6.07, 6.45) is 0.888. The van der Waals surface area contributed by atoms with Crippen LogP contribution in [0.25, 0.3) is 0 Å². The van der Waals surface area contributed by atoms with E-state index in [1.807, 2.05) is 0 Å². The molecular formula is C10H15NO2S. The highest BCUT2D eigenvalue weighted by atomic mass is 32.1. The van der Waals surface area contributed by atoms with E-state index in [0.717, 1.165) is 11.3 Å². The van der Waals surface area contributed by atoms with Crippen molar-refractivity contribution in [1.82, 2.24) is 0 Å². The van der Waals surface area contributed by atoms with Crippen LogP contribution in [0.1, 0.15) is 40.9 Å². The molecule has 3 N–H and O–H groups in total. The van der Waals surface area contributed by atoms with E-state index in [0.29, 0.717) is 10.8 Å². The first kappa shape index (κ1) is 11.2. The van der Waals surface area contributed by atoms with Crippen LogP contribution >= 0.6 is 11.3 Å². The Morgan fingerprint density at radius 2 is 2.21 bits per heavy atom. The fourth-order valence-electron chi connectivity index (χ4n) is 1.29. The van der Waals surface area contributed by atoms with Crippen LogP contribution in [-0.4, -0.2) is 11.1 Å². The van der Waals surface area contributed by atoms with Gasteiger partial charge in [0.05, 0.1) is 0 Å². The van der Waals surface area contributed by atoms with Crippen molar-refractivity contribution in [3.63, 3.8) is 0 Å². The molecule has 1 heterocycles. The van der Waals surface area contributed by atoms with Gasteiger partial charge in [0, 0.05) is 10.9 Å². The predicted molar refractivity (Wildman–Crippen MR) is 57.7 cm³/mol. The molecule has 0 aliphatic carbocycles. The van der Waals surface area contributed by atoms with E-state index < -0.39 is 5.97 Å². The van der Waals surface area contributed by atoms with E-state index in [-0.39, 0.29) is 6.04 Å². The van der Waals surface area contributed by atoms with Crippen molar-refractivity contribution in [2.24, 2.45) is 11.7 Å². The number of carboxylic acids is 1. The van der Waals surface area contributed by atoms with Crippen molar-refractivity contribution in [2.45, 2.75) is 26.3 Å². The lowest BCUT2D eigenvalue weighted by atomic mass is 10.0. The topological polar surface area (TPSA) is 63.3 Å². The molecule has 78 valence electrons. The maximum absolute atomic E-state index is 10.6. The Labute approximate surface area is 87.6 Å². The summed E-state index contributed by atoms with van der Waals surface area (Å²) in [5.41, 5.74) is 5.93. The van der Waals surface area contributed by atoms with Crippen LogP contribution in [0.15, 0.2) is 12.1 Å². The van der Waals surface area contributed by atoms with Crippen molar-refractivity contribution >= 4 is 17.3 Å². The van der Waals surface area contributed by atoms with E-state index in [1.54, 1.807) is 12.1 Å². The van der Waals surface area contributed by atoms with Crippen LogP contribution in [0.2, 0.25) is 0 Å². The zero-order chi connectivity index (χ0) is 10.7. The minimum absolute atomic E-state index is 0.0342. The van der Waals surface area contributed by atoms with Gasteiger partial charge in [-0.05, 0) is 24.5 Å². The Balaban J connectivity index is 2.71. The van der Waals surface area contributed by atoms with Gasteiger partial charge in [0.1, 0.15) is 4.88 Å². The second-order valence-corrected chi connectivity index (χ2v) is 4.86. The first-order valence-electron chi connectivity index (χ1n) is 4.59. The molecular weight excluding hydrogens is 198 g/mol. The van der Waals surface area contributed by atoms with Gasteiger partial charge in [0.15, 0.2) is 0 Å². The van der Waals surface area contributed by atoms with Crippen molar-refractivity contribution in [3.05, 3.63) is 21.9 Å². The second kappa shape index (κ2) is 4.57. The molecule has 14 heavy (non-hydrogen) atoms. The predicted octanol–water partition coefficient (Wildman–Crippen LogP) is 2.49. The fraction of sp³-hybridized carbons (Fsp3) is 0.500. The minimum atomic E-state index is -0.877. The van der Waals surface area contributed by atoms with Crippen molar-refractivity contribution in [1.29, 1.82) is 0 Å². The molecule has 0 aromatic carbocycles. The number of aromatic carboxylic acids is 1. The monoisotopic (exact) mass is 213 g/mol. The highest BCUT2D eigenvalue weighted by Crippen LogP contribution is 2.25. The molecule has 0 fully saturated rings. The lowest BCUT2D eigenvalue weighted by Crippen LogP contribution is -2.11. The van der Waals surface area contributed by atoms with Crippen LogP contribution in [0.5, 0.6) is 0 Å². The normalized spacial score (nSPS) is 13.1. The third kappa shape index (κ3) is 2.82. The summed E-state index contributed by atoms with van der Waals surface area (Å²) in [5, 5.41) is 8.73.